The highest BCUT2D eigenvalue weighted by Gasteiger charge is 2.17. The van der Waals surface area contributed by atoms with Gasteiger partial charge in [0, 0.05) is 12.1 Å². The smallest absolute Gasteiger partial charge is 0.115 e. The minimum absolute atomic E-state index is 0.198. The van der Waals surface area contributed by atoms with Crippen LogP contribution >= 0.6 is 0 Å². The maximum atomic E-state index is 9.22. The Labute approximate surface area is 105 Å². The zero-order valence-electron chi connectivity index (χ0n) is 9.82. The summed E-state index contributed by atoms with van der Waals surface area (Å²) in [5.41, 5.74) is 13.9. The molecule has 0 saturated carbocycles. The summed E-state index contributed by atoms with van der Waals surface area (Å²) in [6.45, 7) is 0. The second-order valence-electron chi connectivity index (χ2n) is 4.23. The van der Waals surface area contributed by atoms with Crippen molar-refractivity contribution >= 4 is 0 Å². The van der Waals surface area contributed by atoms with Gasteiger partial charge in [-0.15, -0.1) is 0 Å². The summed E-state index contributed by atoms with van der Waals surface area (Å²) in [4.78, 5) is 0. The van der Waals surface area contributed by atoms with Crippen molar-refractivity contribution in [1.29, 1.82) is 0 Å². The van der Waals surface area contributed by atoms with Crippen LogP contribution in [0.15, 0.2) is 48.5 Å². The zero-order valence-corrected chi connectivity index (χ0v) is 9.82. The summed E-state index contributed by atoms with van der Waals surface area (Å²) in [5.74, 6) is 0.397. The molecule has 0 saturated heterocycles. The van der Waals surface area contributed by atoms with Crippen LogP contribution in [-0.4, -0.2) is 10.2 Å². The highest BCUT2D eigenvalue weighted by atomic mass is 16.3. The molecule has 2 aromatic carbocycles. The molecule has 0 bridgehead atoms. The van der Waals surface area contributed by atoms with E-state index in [2.05, 4.69) is 0 Å². The Morgan fingerprint density at radius 1 is 0.611 bits per heavy atom. The van der Waals surface area contributed by atoms with Crippen LogP contribution in [0.3, 0.4) is 0 Å². The number of phenolic OH excluding ortho intramolecular Hbond substituents is 2. The molecular formula is C14H16N2O2. The quantitative estimate of drug-likeness (QED) is 0.662. The monoisotopic (exact) mass is 244 g/mol. The lowest BCUT2D eigenvalue weighted by molar-refractivity contribution is 0.472. The van der Waals surface area contributed by atoms with E-state index in [-0.39, 0.29) is 23.6 Å². The predicted octanol–water partition coefficient (Wildman–Crippen LogP) is 1.80. The van der Waals surface area contributed by atoms with Crippen LogP contribution in [0.25, 0.3) is 0 Å². The molecule has 2 aromatic rings. The van der Waals surface area contributed by atoms with E-state index in [1.54, 1.807) is 48.5 Å². The van der Waals surface area contributed by atoms with Crippen molar-refractivity contribution in [2.45, 2.75) is 12.1 Å². The van der Waals surface area contributed by atoms with Gasteiger partial charge in [-0.3, -0.25) is 0 Å². The summed E-state index contributed by atoms with van der Waals surface area (Å²) in [5, 5.41) is 18.4. The van der Waals surface area contributed by atoms with Crippen LogP contribution in [0.1, 0.15) is 23.2 Å². The third kappa shape index (κ3) is 2.61. The predicted molar refractivity (Wildman–Crippen MR) is 70.1 cm³/mol. The highest BCUT2D eigenvalue weighted by Crippen LogP contribution is 2.26. The Bertz CT molecular complexity index is 459. The van der Waals surface area contributed by atoms with E-state index in [9.17, 15) is 10.2 Å². The molecule has 94 valence electrons. The molecule has 2 rings (SSSR count). The second kappa shape index (κ2) is 5.08. The summed E-state index contributed by atoms with van der Waals surface area (Å²) in [6, 6.07) is 12.6. The summed E-state index contributed by atoms with van der Waals surface area (Å²) in [6.07, 6.45) is 0. The first kappa shape index (κ1) is 12.4. The standard InChI is InChI=1S/C14H16N2O2/c15-13(9-1-5-11(17)6-2-9)14(16)10-3-7-12(18)8-4-10/h1-8,13-14,17-18H,15-16H2. The van der Waals surface area contributed by atoms with E-state index >= 15 is 0 Å². The van der Waals surface area contributed by atoms with Gasteiger partial charge in [-0.25, -0.2) is 0 Å². The van der Waals surface area contributed by atoms with Crippen LogP contribution in [-0.2, 0) is 0 Å². The van der Waals surface area contributed by atoms with E-state index in [1.807, 2.05) is 0 Å². The van der Waals surface area contributed by atoms with Gasteiger partial charge in [0.15, 0.2) is 0 Å². The van der Waals surface area contributed by atoms with Gasteiger partial charge < -0.3 is 21.7 Å². The average molecular weight is 244 g/mol. The first-order valence-electron chi connectivity index (χ1n) is 5.67. The van der Waals surface area contributed by atoms with E-state index < -0.39 is 0 Å². The third-order valence-electron chi connectivity index (χ3n) is 2.94. The van der Waals surface area contributed by atoms with Gasteiger partial charge in [-0.05, 0) is 35.4 Å². The molecule has 0 amide bonds. The molecule has 0 aliphatic carbocycles. The fourth-order valence-electron chi connectivity index (χ4n) is 1.81. The molecule has 2 atom stereocenters. The van der Waals surface area contributed by atoms with Crippen molar-refractivity contribution in [2.75, 3.05) is 0 Å². The van der Waals surface area contributed by atoms with Crippen molar-refractivity contribution in [2.24, 2.45) is 11.5 Å². The number of aromatic hydroxyl groups is 2. The number of hydrogen-bond donors (Lipinski definition) is 4. The van der Waals surface area contributed by atoms with E-state index in [4.69, 9.17) is 11.5 Å². The maximum absolute atomic E-state index is 9.22. The molecule has 18 heavy (non-hydrogen) atoms. The molecule has 4 nitrogen and oxygen atoms in total. The van der Waals surface area contributed by atoms with Crippen LogP contribution < -0.4 is 11.5 Å². The lowest BCUT2D eigenvalue weighted by atomic mass is 9.95. The van der Waals surface area contributed by atoms with Gasteiger partial charge in [-0.1, -0.05) is 24.3 Å². The van der Waals surface area contributed by atoms with Gasteiger partial charge in [0.1, 0.15) is 11.5 Å². The molecule has 0 fully saturated rings. The fraction of sp³-hybridized carbons (Fsp3) is 0.143. The molecule has 0 aromatic heterocycles. The molecule has 0 radical (unpaired) electrons. The summed E-state index contributed by atoms with van der Waals surface area (Å²) in [7, 11) is 0. The van der Waals surface area contributed by atoms with E-state index in [1.165, 1.54) is 0 Å². The van der Waals surface area contributed by atoms with Gasteiger partial charge >= 0.3 is 0 Å². The van der Waals surface area contributed by atoms with Crippen LogP contribution in [0.5, 0.6) is 11.5 Å². The minimum Gasteiger partial charge on any atom is -0.508 e. The van der Waals surface area contributed by atoms with Crippen molar-refractivity contribution in [3.63, 3.8) is 0 Å². The Morgan fingerprint density at radius 3 is 1.17 bits per heavy atom. The molecule has 6 N–H and O–H groups in total. The van der Waals surface area contributed by atoms with Crippen molar-refractivity contribution in [3.05, 3.63) is 59.7 Å². The van der Waals surface area contributed by atoms with E-state index in [0.29, 0.717) is 0 Å². The van der Waals surface area contributed by atoms with Gasteiger partial charge in [-0.2, -0.15) is 0 Å². The number of phenols is 2. The zero-order chi connectivity index (χ0) is 13.1. The molecule has 0 aliphatic heterocycles. The summed E-state index contributed by atoms with van der Waals surface area (Å²) >= 11 is 0. The number of rotatable bonds is 3. The normalized spacial score (nSPS) is 14.1. The highest BCUT2D eigenvalue weighted by molar-refractivity contribution is 5.33. The summed E-state index contributed by atoms with van der Waals surface area (Å²) < 4.78 is 0. The lowest BCUT2D eigenvalue weighted by Crippen LogP contribution is -2.26. The first-order chi connectivity index (χ1) is 8.58. The molecule has 4 heteroatoms. The maximum Gasteiger partial charge on any atom is 0.115 e. The molecule has 0 heterocycles. The van der Waals surface area contributed by atoms with Crippen LogP contribution in [0.4, 0.5) is 0 Å². The van der Waals surface area contributed by atoms with Gasteiger partial charge in [0.2, 0.25) is 0 Å². The van der Waals surface area contributed by atoms with Crippen molar-refractivity contribution < 1.29 is 10.2 Å². The Kier molecular flexibility index (Phi) is 3.50. The molecule has 0 aliphatic rings. The van der Waals surface area contributed by atoms with Gasteiger partial charge in [0.25, 0.3) is 0 Å². The Morgan fingerprint density at radius 2 is 0.889 bits per heavy atom. The Hall–Kier alpha value is -2.04. The fourth-order valence-corrected chi connectivity index (χ4v) is 1.81. The van der Waals surface area contributed by atoms with Gasteiger partial charge in [0.05, 0.1) is 0 Å². The van der Waals surface area contributed by atoms with Crippen molar-refractivity contribution in [3.8, 4) is 11.5 Å². The van der Waals surface area contributed by atoms with Crippen LogP contribution in [0, 0.1) is 0 Å². The largest absolute Gasteiger partial charge is 0.508 e. The number of benzene rings is 2. The average Bonchev–Trinajstić information content (AvgIpc) is 2.39. The molecule has 0 spiro atoms. The molecule has 2 unspecified atom stereocenters. The second-order valence-corrected chi connectivity index (χ2v) is 4.23. The van der Waals surface area contributed by atoms with Crippen molar-refractivity contribution in [1.82, 2.24) is 0 Å². The lowest BCUT2D eigenvalue weighted by Gasteiger charge is -2.20. The Balaban J connectivity index is 2.20. The topological polar surface area (TPSA) is 92.5 Å². The minimum atomic E-state index is -0.366. The van der Waals surface area contributed by atoms with E-state index in [0.717, 1.165) is 11.1 Å². The molecular weight excluding hydrogens is 228 g/mol. The first-order valence-corrected chi connectivity index (χ1v) is 5.67. The number of nitrogens with two attached hydrogens (primary N) is 2. The third-order valence-corrected chi connectivity index (χ3v) is 2.94. The SMILES string of the molecule is NC(c1ccc(O)cc1)C(N)c1ccc(O)cc1. The van der Waals surface area contributed by atoms with Crippen LogP contribution in [0.2, 0.25) is 0 Å². The number of hydrogen-bond acceptors (Lipinski definition) is 4.